The number of hydrogen-bond donors (Lipinski definition) is 1. The third kappa shape index (κ3) is 3.13. The lowest BCUT2D eigenvalue weighted by Crippen LogP contribution is -2.16. The third-order valence-electron chi connectivity index (χ3n) is 4.61. The van der Waals surface area contributed by atoms with Gasteiger partial charge in [-0.3, -0.25) is 4.79 Å². The van der Waals surface area contributed by atoms with E-state index in [4.69, 9.17) is 0 Å². The predicted octanol–water partition coefficient (Wildman–Crippen LogP) is 6.14. The Kier molecular flexibility index (Phi) is 4.50. The topological polar surface area (TPSA) is 40.5 Å². The fourth-order valence-electron chi connectivity index (χ4n) is 3.30. The average molecular weight is 373 g/mol. The van der Waals surface area contributed by atoms with Gasteiger partial charge in [0.05, 0.1) is 0 Å². The van der Waals surface area contributed by atoms with Gasteiger partial charge >= 0.3 is 0 Å². The zero-order chi connectivity index (χ0) is 19.0. The van der Waals surface area contributed by atoms with Crippen molar-refractivity contribution in [1.82, 2.24) is 4.90 Å². The van der Waals surface area contributed by atoms with Crippen molar-refractivity contribution in [2.45, 2.75) is 4.90 Å². The molecule has 4 heteroatoms. The molecule has 4 aromatic rings. The molecule has 0 aliphatic rings. The minimum atomic E-state index is -0.0498. The summed E-state index contributed by atoms with van der Waals surface area (Å²) in [4.78, 5) is 14.8. The van der Waals surface area contributed by atoms with E-state index in [1.54, 1.807) is 25.1 Å². The van der Waals surface area contributed by atoms with Gasteiger partial charge in [-0.05, 0) is 45.4 Å². The number of fused-ring (bicyclic) bond motifs is 2. The molecule has 1 amide bonds. The first kappa shape index (κ1) is 17.4. The molecular weight excluding hydrogens is 354 g/mol. The first-order valence-electron chi connectivity index (χ1n) is 8.68. The Morgan fingerprint density at radius 2 is 1.33 bits per heavy atom. The van der Waals surface area contributed by atoms with Crippen LogP contribution < -0.4 is 0 Å². The van der Waals surface area contributed by atoms with Crippen molar-refractivity contribution < 1.29 is 9.90 Å². The molecule has 134 valence electrons. The van der Waals surface area contributed by atoms with Gasteiger partial charge in [-0.1, -0.05) is 60.7 Å². The van der Waals surface area contributed by atoms with Gasteiger partial charge < -0.3 is 10.0 Å². The van der Waals surface area contributed by atoms with Crippen molar-refractivity contribution in [1.29, 1.82) is 0 Å². The number of thioether (sulfide) groups is 1. The average Bonchev–Trinajstić information content (AvgIpc) is 2.68. The van der Waals surface area contributed by atoms with E-state index < -0.39 is 0 Å². The van der Waals surface area contributed by atoms with E-state index in [0.717, 1.165) is 37.6 Å². The second kappa shape index (κ2) is 6.97. The Morgan fingerprint density at radius 1 is 0.778 bits per heavy atom. The van der Waals surface area contributed by atoms with Crippen LogP contribution in [0.25, 0.3) is 32.7 Å². The number of carbonyl (C=O) groups is 1. The summed E-state index contributed by atoms with van der Waals surface area (Å²) in [7, 11) is 3.48. The Morgan fingerprint density at radius 3 is 1.96 bits per heavy atom. The molecule has 0 unspecified atom stereocenters. The van der Waals surface area contributed by atoms with Crippen LogP contribution in [0.5, 0.6) is 5.75 Å². The smallest absolute Gasteiger partial charge is 0.285 e. The van der Waals surface area contributed by atoms with E-state index in [0.29, 0.717) is 0 Å². The molecule has 1 N–H and O–H groups in total. The van der Waals surface area contributed by atoms with Crippen LogP contribution in [0.2, 0.25) is 0 Å². The SMILES string of the molecule is CN(C)C(=O)Sc1ccc2ccccc2c1-c1c(O)ccc2ccccc12. The highest BCUT2D eigenvalue weighted by molar-refractivity contribution is 8.13. The molecule has 0 saturated heterocycles. The lowest BCUT2D eigenvalue weighted by atomic mass is 9.93. The highest BCUT2D eigenvalue weighted by Gasteiger charge is 2.19. The summed E-state index contributed by atoms with van der Waals surface area (Å²) in [5, 5.41) is 14.8. The van der Waals surface area contributed by atoms with Crippen molar-refractivity contribution in [3.05, 3.63) is 72.8 Å². The number of nitrogens with zero attached hydrogens (tertiary/aromatic N) is 1. The molecule has 3 nitrogen and oxygen atoms in total. The monoisotopic (exact) mass is 373 g/mol. The molecule has 0 aliphatic carbocycles. The number of aromatic hydroxyl groups is 1. The normalized spacial score (nSPS) is 11.0. The summed E-state index contributed by atoms with van der Waals surface area (Å²) in [5.74, 6) is 0.212. The molecule has 0 saturated carbocycles. The highest BCUT2D eigenvalue weighted by atomic mass is 32.2. The molecule has 4 rings (SSSR count). The second-order valence-corrected chi connectivity index (χ2v) is 7.60. The van der Waals surface area contributed by atoms with E-state index in [1.165, 1.54) is 11.8 Å². The number of amides is 1. The van der Waals surface area contributed by atoms with Gasteiger partial charge in [0.1, 0.15) is 5.75 Å². The summed E-state index contributed by atoms with van der Waals surface area (Å²) < 4.78 is 0. The Labute approximate surface area is 162 Å². The predicted molar refractivity (Wildman–Crippen MR) is 113 cm³/mol. The zero-order valence-electron chi connectivity index (χ0n) is 15.1. The van der Waals surface area contributed by atoms with Crippen molar-refractivity contribution in [3.8, 4) is 16.9 Å². The van der Waals surface area contributed by atoms with Crippen LogP contribution in [0.15, 0.2) is 77.7 Å². The molecular formula is C23H19NO2S. The van der Waals surface area contributed by atoms with Gasteiger partial charge in [-0.2, -0.15) is 0 Å². The number of carbonyl (C=O) groups excluding carboxylic acids is 1. The maximum atomic E-state index is 12.4. The lowest BCUT2D eigenvalue weighted by Gasteiger charge is -2.17. The van der Waals surface area contributed by atoms with Crippen LogP contribution in [0.3, 0.4) is 0 Å². The Hall–Kier alpha value is -2.98. The molecule has 0 fully saturated rings. The summed E-state index contributed by atoms with van der Waals surface area (Å²) in [6.45, 7) is 0. The van der Waals surface area contributed by atoms with Crippen LogP contribution in [-0.2, 0) is 0 Å². The maximum Gasteiger partial charge on any atom is 0.285 e. The number of benzene rings is 4. The first-order valence-corrected chi connectivity index (χ1v) is 9.50. The summed E-state index contributed by atoms with van der Waals surface area (Å²) in [5.41, 5.74) is 1.65. The quantitative estimate of drug-likeness (QED) is 0.429. The van der Waals surface area contributed by atoms with Gasteiger partial charge in [-0.25, -0.2) is 0 Å². The summed E-state index contributed by atoms with van der Waals surface area (Å²) in [6, 6.07) is 23.7. The van der Waals surface area contributed by atoms with Crippen LogP contribution in [0, 0.1) is 0 Å². The third-order valence-corrected chi connectivity index (χ3v) is 5.71. The van der Waals surface area contributed by atoms with Gasteiger partial charge in [0.25, 0.3) is 5.24 Å². The summed E-state index contributed by atoms with van der Waals surface area (Å²) in [6.07, 6.45) is 0. The van der Waals surface area contributed by atoms with Crippen LogP contribution >= 0.6 is 11.8 Å². The molecule has 4 aromatic carbocycles. The van der Waals surface area contributed by atoms with E-state index in [-0.39, 0.29) is 11.0 Å². The molecule has 27 heavy (non-hydrogen) atoms. The highest BCUT2D eigenvalue weighted by Crippen LogP contribution is 2.45. The van der Waals surface area contributed by atoms with Gasteiger partial charge in [0.2, 0.25) is 0 Å². The van der Waals surface area contributed by atoms with E-state index in [9.17, 15) is 9.90 Å². The van der Waals surface area contributed by atoms with Gasteiger partial charge in [0.15, 0.2) is 0 Å². The fraction of sp³-hybridized carbons (Fsp3) is 0.0870. The van der Waals surface area contributed by atoms with Crippen molar-refractivity contribution in [3.63, 3.8) is 0 Å². The van der Waals surface area contributed by atoms with Crippen molar-refractivity contribution in [2.24, 2.45) is 0 Å². The molecule has 0 aliphatic heterocycles. The Bertz CT molecular complexity index is 1170. The minimum absolute atomic E-state index is 0.0498. The minimum Gasteiger partial charge on any atom is -0.507 e. The van der Waals surface area contributed by atoms with E-state index in [1.807, 2.05) is 66.7 Å². The second-order valence-electron chi connectivity index (χ2n) is 6.60. The number of rotatable bonds is 2. The van der Waals surface area contributed by atoms with Crippen molar-refractivity contribution >= 4 is 38.5 Å². The van der Waals surface area contributed by atoms with Crippen molar-refractivity contribution in [2.75, 3.05) is 14.1 Å². The maximum absolute atomic E-state index is 12.4. The number of phenols is 1. The molecule has 0 bridgehead atoms. The fourth-order valence-corrected chi connectivity index (χ4v) is 4.12. The van der Waals surface area contributed by atoms with Crippen LogP contribution in [0.4, 0.5) is 4.79 Å². The van der Waals surface area contributed by atoms with E-state index >= 15 is 0 Å². The van der Waals surface area contributed by atoms with E-state index in [2.05, 4.69) is 0 Å². The summed E-state index contributed by atoms with van der Waals surface area (Å²) >= 11 is 1.18. The van der Waals surface area contributed by atoms with Crippen LogP contribution in [0.1, 0.15) is 0 Å². The zero-order valence-corrected chi connectivity index (χ0v) is 16.0. The molecule has 0 heterocycles. The van der Waals surface area contributed by atoms with Crippen LogP contribution in [-0.4, -0.2) is 29.3 Å². The van der Waals surface area contributed by atoms with Gasteiger partial charge in [0, 0.05) is 30.1 Å². The molecule has 0 aromatic heterocycles. The largest absolute Gasteiger partial charge is 0.507 e. The Balaban J connectivity index is 2.09. The first-order chi connectivity index (χ1) is 13.1. The molecule has 0 atom stereocenters. The number of hydrogen-bond acceptors (Lipinski definition) is 3. The number of phenolic OH excluding ortho intramolecular Hbond substituents is 1. The standard InChI is InChI=1S/C23H19NO2S/c1-24(2)23(26)27-20-14-12-16-8-4-6-10-18(16)22(20)21-17-9-5-3-7-15(17)11-13-19(21)25/h3-14,25H,1-2H3. The molecule has 0 spiro atoms. The van der Waals surface area contributed by atoms with Gasteiger partial charge in [-0.15, -0.1) is 0 Å². The molecule has 0 radical (unpaired) electrons. The lowest BCUT2D eigenvalue weighted by molar-refractivity contribution is 0.241.